The van der Waals surface area contributed by atoms with E-state index in [1.165, 1.54) is 7.11 Å². The molecule has 0 spiro atoms. The van der Waals surface area contributed by atoms with Crippen molar-refractivity contribution in [3.8, 4) is 5.75 Å². The number of allylic oxidation sites excluding steroid dienone is 3. The van der Waals surface area contributed by atoms with Crippen LogP contribution in [0, 0.1) is 0 Å². The van der Waals surface area contributed by atoms with E-state index in [2.05, 4.69) is 15.7 Å². The summed E-state index contributed by atoms with van der Waals surface area (Å²) in [5.74, 6) is 1.86. The van der Waals surface area contributed by atoms with Gasteiger partial charge in [0.05, 0.1) is 12.7 Å². The molecule has 7 nitrogen and oxygen atoms in total. The van der Waals surface area contributed by atoms with Crippen LogP contribution in [0.5, 0.6) is 5.75 Å². The molecule has 1 fully saturated rings. The number of hydrogen-bond acceptors (Lipinski definition) is 6. The van der Waals surface area contributed by atoms with Gasteiger partial charge in [0.25, 0.3) is 5.91 Å². The number of ether oxygens (including phenoxy) is 1. The minimum Gasteiger partial charge on any atom is -0.454 e. The number of fused-ring (bicyclic) bond motifs is 1. The number of benzene rings is 1. The lowest BCUT2D eigenvalue weighted by Crippen LogP contribution is -2.46. The zero-order chi connectivity index (χ0) is 19.9. The molecule has 0 saturated carbocycles. The second kappa shape index (κ2) is 9.34. The first kappa shape index (κ1) is 19.9. The van der Waals surface area contributed by atoms with Crippen LogP contribution in [-0.2, 0) is 9.63 Å². The zero-order valence-corrected chi connectivity index (χ0v) is 16.5. The Morgan fingerprint density at radius 2 is 2.07 bits per heavy atom. The Kier molecular flexibility index (Phi) is 6.62. The van der Waals surface area contributed by atoms with Gasteiger partial charge in [-0.25, -0.2) is 10.5 Å². The molecule has 2 aliphatic heterocycles. The van der Waals surface area contributed by atoms with Gasteiger partial charge in [0.1, 0.15) is 17.3 Å². The number of rotatable bonds is 4. The third kappa shape index (κ3) is 4.49. The Morgan fingerprint density at radius 1 is 1.32 bits per heavy atom. The highest BCUT2D eigenvalue weighted by molar-refractivity contribution is 6.02. The summed E-state index contributed by atoms with van der Waals surface area (Å²) in [6.45, 7) is 7.13. The maximum atomic E-state index is 12.1. The van der Waals surface area contributed by atoms with Crippen LogP contribution in [-0.4, -0.2) is 49.9 Å². The van der Waals surface area contributed by atoms with Crippen LogP contribution < -0.4 is 15.5 Å². The van der Waals surface area contributed by atoms with Gasteiger partial charge in [0.2, 0.25) is 0 Å². The molecule has 148 valence electrons. The molecule has 0 aliphatic carbocycles. The average Bonchev–Trinajstić information content (AvgIpc) is 2.86. The van der Waals surface area contributed by atoms with Crippen molar-refractivity contribution in [1.82, 2.24) is 15.7 Å². The van der Waals surface area contributed by atoms with E-state index in [0.29, 0.717) is 17.0 Å². The largest absolute Gasteiger partial charge is 0.454 e. The number of nitrogens with one attached hydrogen (secondary N) is 2. The topological polar surface area (TPSA) is 75.2 Å². The number of para-hydroxylation sites is 1. The SMILES string of the molecule is C/C=C\C1=C(/C=C(\C)C(=O)NOC)N=C(N2CCNCC2)c2ccccc2O1. The minimum absolute atomic E-state index is 0.324. The predicted molar refractivity (Wildman–Crippen MR) is 109 cm³/mol. The molecular weight excluding hydrogens is 356 g/mol. The fourth-order valence-corrected chi connectivity index (χ4v) is 3.08. The van der Waals surface area contributed by atoms with E-state index in [1.807, 2.05) is 43.3 Å². The molecule has 1 aromatic carbocycles. The fraction of sp³-hybridized carbons (Fsp3) is 0.333. The Bertz CT molecular complexity index is 849. The number of hydrogen-bond donors (Lipinski definition) is 2. The van der Waals surface area contributed by atoms with Crippen LogP contribution in [0.2, 0.25) is 0 Å². The number of hydroxylamine groups is 1. The van der Waals surface area contributed by atoms with Crippen molar-refractivity contribution in [3.05, 3.63) is 65.1 Å². The smallest absolute Gasteiger partial charge is 0.270 e. The van der Waals surface area contributed by atoms with Gasteiger partial charge >= 0.3 is 0 Å². The molecule has 0 radical (unpaired) electrons. The van der Waals surface area contributed by atoms with Crippen molar-refractivity contribution in [1.29, 1.82) is 0 Å². The Morgan fingerprint density at radius 3 is 2.79 bits per heavy atom. The van der Waals surface area contributed by atoms with Crippen molar-refractivity contribution in [2.45, 2.75) is 13.8 Å². The maximum Gasteiger partial charge on any atom is 0.270 e. The molecule has 1 amide bonds. The van der Waals surface area contributed by atoms with Crippen molar-refractivity contribution < 1.29 is 14.4 Å². The first-order valence-electron chi connectivity index (χ1n) is 9.34. The summed E-state index contributed by atoms with van der Waals surface area (Å²) >= 11 is 0. The Balaban J connectivity index is 2.12. The molecular formula is C21H26N4O3. The van der Waals surface area contributed by atoms with E-state index in [-0.39, 0.29) is 5.91 Å². The number of carbonyl (C=O) groups is 1. The lowest BCUT2D eigenvalue weighted by atomic mass is 10.1. The Labute approximate surface area is 165 Å². The predicted octanol–water partition coefficient (Wildman–Crippen LogP) is 2.14. The van der Waals surface area contributed by atoms with Crippen LogP contribution in [0.4, 0.5) is 0 Å². The molecule has 1 aromatic rings. The molecule has 7 heteroatoms. The lowest BCUT2D eigenvalue weighted by molar-refractivity contribution is -0.127. The Hall–Kier alpha value is -2.90. The average molecular weight is 382 g/mol. The van der Waals surface area contributed by atoms with E-state index < -0.39 is 0 Å². The van der Waals surface area contributed by atoms with E-state index in [9.17, 15) is 4.79 Å². The second-order valence-electron chi connectivity index (χ2n) is 6.48. The summed E-state index contributed by atoms with van der Waals surface area (Å²) < 4.78 is 6.20. The molecule has 28 heavy (non-hydrogen) atoms. The summed E-state index contributed by atoms with van der Waals surface area (Å²) in [7, 11) is 1.40. The van der Waals surface area contributed by atoms with E-state index in [4.69, 9.17) is 14.6 Å². The van der Waals surface area contributed by atoms with Gasteiger partial charge in [-0.2, -0.15) is 0 Å². The molecule has 1 saturated heterocycles. The molecule has 2 aliphatic rings. The molecule has 0 aromatic heterocycles. The van der Waals surface area contributed by atoms with E-state index in [0.717, 1.165) is 43.3 Å². The highest BCUT2D eigenvalue weighted by Crippen LogP contribution is 2.29. The van der Waals surface area contributed by atoms with Gasteiger partial charge < -0.3 is 15.0 Å². The summed E-state index contributed by atoms with van der Waals surface area (Å²) in [6, 6.07) is 7.88. The fourth-order valence-electron chi connectivity index (χ4n) is 3.08. The van der Waals surface area contributed by atoms with Crippen molar-refractivity contribution in [2.24, 2.45) is 4.99 Å². The van der Waals surface area contributed by atoms with Gasteiger partial charge in [-0.15, -0.1) is 0 Å². The summed E-state index contributed by atoms with van der Waals surface area (Å²) in [5, 5.41) is 3.37. The molecule has 0 bridgehead atoms. The number of carbonyl (C=O) groups excluding carboxylic acids is 1. The van der Waals surface area contributed by atoms with Gasteiger partial charge in [0.15, 0.2) is 5.76 Å². The summed E-state index contributed by atoms with van der Waals surface area (Å²) in [5.41, 5.74) is 4.33. The van der Waals surface area contributed by atoms with Crippen LogP contribution in [0.25, 0.3) is 0 Å². The molecule has 2 heterocycles. The van der Waals surface area contributed by atoms with Gasteiger partial charge in [-0.05, 0) is 38.1 Å². The molecule has 2 N–H and O–H groups in total. The van der Waals surface area contributed by atoms with Crippen molar-refractivity contribution in [2.75, 3.05) is 33.3 Å². The molecule has 0 atom stereocenters. The highest BCUT2D eigenvalue weighted by atomic mass is 16.6. The summed E-state index contributed by atoms with van der Waals surface area (Å²) in [4.78, 5) is 24.0. The number of piperazine rings is 1. The number of amidine groups is 1. The normalized spacial score (nSPS) is 17.8. The first-order chi connectivity index (χ1) is 13.6. The third-order valence-electron chi connectivity index (χ3n) is 4.47. The molecule has 3 rings (SSSR count). The van der Waals surface area contributed by atoms with Gasteiger partial charge in [-0.1, -0.05) is 18.2 Å². The standard InChI is InChI=1S/C21H26N4O3/c1-4-7-19-17(14-15(2)21(26)24-27-3)23-20(25-12-10-22-11-13-25)16-8-5-6-9-18(16)28-19/h4-9,14,22H,10-13H2,1-3H3,(H,24,26)/b7-4-,15-14+. The van der Waals surface area contributed by atoms with E-state index >= 15 is 0 Å². The maximum absolute atomic E-state index is 12.1. The highest BCUT2D eigenvalue weighted by Gasteiger charge is 2.24. The molecule has 0 unspecified atom stereocenters. The van der Waals surface area contributed by atoms with Crippen LogP contribution in [0.3, 0.4) is 0 Å². The lowest BCUT2D eigenvalue weighted by Gasteiger charge is -2.30. The van der Waals surface area contributed by atoms with Gasteiger partial charge in [0, 0.05) is 31.8 Å². The van der Waals surface area contributed by atoms with Crippen LogP contribution in [0.1, 0.15) is 19.4 Å². The quantitative estimate of drug-likeness (QED) is 0.616. The second-order valence-corrected chi connectivity index (χ2v) is 6.48. The minimum atomic E-state index is -0.324. The number of amides is 1. The van der Waals surface area contributed by atoms with Crippen molar-refractivity contribution >= 4 is 11.7 Å². The third-order valence-corrected chi connectivity index (χ3v) is 4.47. The zero-order valence-electron chi connectivity index (χ0n) is 16.5. The summed E-state index contributed by atoms with van der Waals surface area (Å²) in [6.07, 6.45) is 5.47. The van der Waals surface area contributed by atoms with Crippen molar-refractivity contribution in [3.63, 3.8) is 0 Å². The first-order valence-corrected chi connectivity index (χ1v) is 9.34. The monoisotopic (exact) mass is 382 g/mol. The van der Waals surface area contributed by atoms with Gasteiger partial charge in [-0.3, -0.25) is 9.63 Å². The number of nitrogens with zero attached hydrogens (tertiary/aromatic N) is 2. The van der Waals surface area contributed by atoms with Crippen LogP contribution >= 0.6 is 0 Å². The van der Waals surface area contributed by atoms with E-state index in [1.54, 1.807) is 13.0 Å². The van der Waals surface area contributed by atoms with Crippen LogP contribution in [0.15, 0.2) is 64.5 Å². The number of aliphatic imine (C=N–C) groups is 1.